The number of aliphatic hydroxyl groups excluding tert-OH is 1. The fourth-order valence-electron chi connectivity index (χ4n) is 2.59. The summed E-state index contributed by atoms with van der Waals surface area (Å²) in [5.41, 5.74) is 2.18. The van der Waals surface area contributed by atoms with Gasteiger partial charge in [-0.3, -0.25) is 0 Å². The standard InChI is InChI=1S/C16H13BrClFO2/c17-11-6-9-4-5-21-16(9)10(7-11)8-14(20)12-2-1-3-13(18)15(12)19/h1-3,6-7,14,20H,4-5,8H2. The molecule has 0 aromatic heterocycles. The predicted molar refractivity (Wildman–Crippen MR) is 83.4 cm³/mol. The Morgan fingerprint density at radius 2 is 2.19 bits per heavy atom. The highest BCUT2D eigenvalue weighted by atomic mass is 79.9. The van der Waals surface area contributed by atoms with Crippen molar-refractivity contribution in [2.75, 3.05) is 6.61 Å². The molecule has 0 spiro atoms. The largest absolute Gasteiger partial charge is 0.493 e. The van der Waals surface area contributed by atoms with Gasteiger partial charge in [-0.15, -0.1) is 0 Å². The van der Waals surface area contributed by atoms with Crippen molar-refractivity contribution in [3.05, 3.63) is 62.3 Å². The SMILES string of the molecule is OC(Cc1cc(Br)cc2c1OCC2)c1cccc(Cl)c1F. The first-order chi connectivity index (χ1) is 10.1. The van der Waals surface area contributed by atoms with Crippen LogP contribution in [0.2, 0.25) is 5.02 Å². The summed E-state index contributed by atoms with van der Waals surface area (Å²) < 4.78 is 20.5. The fourth-order valence-corrected chi connectivity index (χ4v) is 3.33. The maximum absolute atomic E-state index is 14.0. The average molecular weight is 372 g/mol. The smallest absolute Gasteiger partial charge is 0.147 e. The number of hydrogen-bond donors (Lipinski definition) is 1. The number of fused-ring (bicyclic) bond motifs is 1. The highest BCUT2D eigenvalue weighted by Gasteiger charge is 2.22. The van der Waals surface area contributed by atoms with E-state index in [-0.39, 0.29) is 17.0 Å². The third-order valence-corrected chi connectivity index (χ3v) is 4.33. The summed E-state index contributed by atoms with van der Waals surface area (Å²) in [5.74, 6) is 0.235. The summed E-state index contributed by atoms with van der Waals surface area (Å²) in [6, 6.07) is 8.55. The lowest BCUT2D eigenvalue weighted by molar-refractivity contribution is 0.172. The van der Waals surface area contributed by atoms with Gasteiger partial charge in [0.15, 0.2) is 0 Å². The number of benzene rings is 2. The average Bonchev–Trinajstić information content (AvgIpc) is 2.90. The summed E-state index contributed by atoms with van der Waals surface area (Å²) in [7, 11) is 0. The van der Waals surface area contributed by atoms with E-state index >= 15 is 0 Å². The van der Waals surface area contributed by atoms with Gasteiger partial charge >= 0.3 is 0 Å². The first-order valence-corrected chi connectivity index (χ1v) is 7.79. The lowest BCUT2D eigenvalue weighted by Gasteiger charge is -2.15. The maximum atomic E-state index is 14.0. The lowest BCUT2D eigenvalue weighted by Crippen LogP contribution is -2.06. The molecule has 1 unspecified atom stereocenters. The highest BCUT2D eigenvalue weighted by molar-refractivity contribution is 9.10. The van der Waals surface area contributed by atoms with Crippen LogP contribution in [0.4, 0.5) is 4.39 Å². The van der Waals surface area contributed by atoms with Crippen molar-refractivity contribution in [3.8, 4) is 5.75 Å². The van der Waals surface area contributed by atoms with E-state index in [9.17, 15) is 9.50 Å². The van der Waals surface area contributed by atoms with E-state index in [1.54, 1.807) is 12.1 Å². The molecule has 21 heavy (non-hydrogen) atoms. The van der Waals surface area contributed by atoms with Gasteiger partial charge in [-0.1, -0.05) is 39.7 Å². The number of hydrogen-bond acceptors (Lipinski definition) is 2. The Bertz CT molecular complexity index is 690. The minimum Gasteiger partial charge on any atom is -0.493 e. The molecular formula is C16H13BrClFO2. The first kappa shape index (κ1) is 14.8. The van der Waals surface area contributed by atoms with E-state index in [2.05, 4.69) is 15.9 Å². The second kappa shape index (κ2) is 5.95. The van der Waals surface area contributed by atoms with Crippen LogP contribution >= 0.6 is 27.5 Å². The van der Waals surface area contributed by atoms with Crippen molar-refractivity contribution >= 4 is 27.5 Å². The van der Waals surface area contributed by atoms with Gasteiger partial charge in [-0.05, 0) is 29.3 Å². The highest BCUT2D eigenvalue weighted by Crippen LogP contribution is 2.36. The van der Waals surface area contributed by atoms with Crippen molar-refractivity contribution in [3.63, 3.8) is 0 Å². The van der Waals surface area contributed by atoms with Crippen LogP contribution in [0.1, 0.15) is 22.8 Å². The molecule has 0 saturated carbocycles. The molecule has 0 aliphatic carbocycles. The van der Waals surface area contributed by atoms with E-state index in [0.29, 0.717) is 6.61 Å². The van der Waals surface area contributed by atoms with Gasteiger partial charge in [-0.2, -0.15) is 0 Å². The van der Waals surface area contributed by atoms with Crippen LogP contribution in [0.25, 0.3) is 0 Å². The van der Waals surface area contributed by atoms with Crippen molar-refractivity contribution in [2.45, 2.75) is 18.9 Å². The van der Waals surface area contributed by atoms with Crippen LogP contribution < -0.4 is 4.74 Å². The Hall–Kier alpha value is -1.10. The molecule has 1 aliphatic heterocycles. The van der Waals surface area contributed by atoms with Gasteiger partial charge < -0.3 is 9.84 Å². The molecule has 0 bridgehead atoms. The van der Waals surface area contributed by atoms with Crippen LogP contribution in [0.3, 0.4) is 0 Å². The van der Waals surface area contributed by atoms with Crippen LogP contribution in [0, 0.1) is 5.82 Å². The second-order valence-corrected chi connectivity index (χ2v) is 6.34. The maximum Gasteiger partial charge on any atom is 0.147 e. The Labute approximate surface area is 135 Å². The first-order valence-electron chi connectivity index (χ1n) is 6.62. The summed E-state index contributed by atoms with van der Waals surface area (Å²) >= 11 is 9.22. The predicted octanol–water partition coefficient (Wildman–Crippen LogP) is 4.45. The molecule has 110 valence electrons. The molecule has 0 fully saturated rings. The number of rotatable bonds is 3. The zero-order valence-corrected chi connectivity index (χ0v) is 13.4. The quantitative estimate of drug-likeness (QED) is 0.863. The van der Waals surface area contributed by atoms with E-state index < -0.39 is 11.9 Å². The van der Waals surface area contributed by atoms with Gasteiger partial charge in [0, 0.05) is 22.9 Å². The Kier molecular flexibility index (Phi) is 4.20. The molecule has 2 aromatic carbocycles. The van der Waals surface area contributed by atoms with E-state index in [1.807, 2.05) is 12.1 Å². The molecule has 0 amide bonds. The van der Waals surface area contributed by atoms with E-state index in [0.717, 1.165) is 27.8 Å². The lowest BCUT2D eigenvalue weighted by atomic mass is 9.98. The second-order valence-electron chi connectivity index (χ2n) is 5.01. The molecule has 1 atom stereocenters. The summed E-state index contributed by atoms with van der Waals surface area (Å²) in [6.45, 7) is 0.639. The minimum atomic E-state index is -0.966. The van der Waals surface area contributed by atoms with Crippen LogP contribution in [0.5, 0.6) is 5.75 Å². The molecular weight excluding hydrogens is 359 g/mol. The van der Waals surface area contributed by atoms with Gasteiger partial charge in [0.2, 0.25) is 0 Å². The fraction of sp³-hybridized carbons (Fsp3) is 0.250. The van der Waals surface area contributed by atoms with Gasteiger partial charge in [0.05, 0.1) is 17.7 Å². The molecule has 0 radical (unpaired) electrons. The van der Waals surface area contributed by atoms with Gasteiger partial charge in [-0.25, -0.2) is 4.39 Å². The molecule has 0 saturated heterocycles. The molecule has 2 nitrogen and oxygen atoms in total. The van der Waals surface area contributed by atoms with Crippen molar-refractivity contribution < 1.29 is 14.2 Å². The zero-order chi connectivity index (χ0) is 15.0. The molecule has 5 heteroatoms. The Balaban J connectivity index is 1.92. The topological polar surface area (TPSA) is 29.5 Å². The van der Waals surface area contributed by atoms with Crippen molar-refractivity contribution in [2.24, 2.45) is 0 Å². The normalized spacial score (nSPS) is 14.7. The van der Waals surface area contributed by atoms with Crippen molar-refractivity contribution in [1.82, 2.24) is 0 Å². The Morgan fingerprint density at radius 3 is 3.00 bits per heavy atom. The van der Waals surface area contributed by atoms with E-state index in [1.165, 1.54) is 6.07 Å². The van der Waals surface area contributed by atoms with Gasteiger partial charge in [0.1, 0.15) is 11.6 Å². The molecule has 1 heterocycles. The zero-order valence-electron chi connectivity index (χ0n) is 11.1. The Morgan fingerprint density at radius 1 is 1.38 bits per heavy atom. The minimum absolute atomic E-state index is 0.0160. The third kappa shape index (κ3) is 2.93. The number of aliphatic hydroxyl groups is 1. The molecule has 1 N–H and O–H groups in total. The third-order valence-electron chi connectivity index (χ3n) is 3.58. The molecule has 2 aromatic rings. The number of halogens is 3. The van der Waals surface area contributed by atoms with Crippen LogP contribution in [-0.2, 0) is 12.8 Å². The number of ether oxygens (including phenoxy) is 1. The molecule has 1 aliphatic rings. The summed E-state index contributed by atoms with van der Waals surface area (Å²) in [5, 5.41) is 10.3. The van der Waals surface area contributed by atoms with Crippen LogP contribution in [0.15, 0.2) is 34.8 Å². The van der Waals surface area contributed by atoms with Crippen LogP contribution in [-0.4, -0.2) is 11.7 Å². The summed E-state index contributed by atoms with van der Waals surface area (Å²) in [4.78, 5) is 0. The molecule has 3 rings (SSSR count). The van der Waals surface area contributed by atoms with Crippen molar-refractivity contribution in [1.29, 1.82) is 0 Å². The van der Waals surface area contributed by atoms with E-state index in [4.69, 9.17) is 16.3 Å². The summed E-state index contributed by atoms with van der Waals surface area (Å²) in [6.07, 6.45) is 0.161. The monoisotopic (exact) mass is 370 g/mol. The van der Waals surface area contributed by atoms with Gasteiger partial charge in [0.25, 0.3) is 0 Å².